The molecule has 0 heterocycles. The van der Waals surface area contributed by atoms with Crippen molar-refractivity contribution in [1.29, 1.82) is 0 Å². The van der Waals surface area contributed by atoms with Gasteiger partial charge in [-0.2, -0.15) is 0 Å². The molecule has 0 spiro atoms. The van der Waals surface area contributed by atoms with Crippen molar-refractivity contribution in [3.05, 3.63) is 0 Å². The Balaban J connectivity index is 2.60. The molecular weight excluding hydrogens is 240 g/mol. The zero-order chi connectivity index (χ0) is 13.1. The molecule has 0 aromatic carbocycles. The van der Waals surface area contributed by atoms with Crippen LogP contribution in [-0.2, 0) is 14.6 Å². The van der Waals surface area contributed by atoms with E-state index in [0.29, 0.717) is 0 Å². The topological polar surface area (TPSA) is 89.3 Å². The number of carbonyl (C=O) groups excluding carboxylic acids is 1. The Morgan fingerprint density at radius 1 is 1.29 bits per heavy atom. The first-order valence-electron chi connectivity index (χ1n) is 6.07. The Bertz CT molecular complexity index is 367. The lowest BCUT2D eigenvalue weighted by molar-refractivity contribution is -0.121. The second kappa shape index (κ2) is 5.82. The first kappa shape index (κ1) is 14.4. The zero-order valence-electron chi connectivity index (χ0n) is 10.5. The van der Waals surface area contributed by atoms with Crippen molar-refractivity contribution < 1.29 is 13.2 Å². The molecule has 3 N–H and O–H groups in total. The second-order valence-corrected chi connectivity index (χ2v) is 7.25. The molecule has 17 heavy (non-hydrogen) atoms. The third-order valence-electron chi connectivity index (χ3n) is 3.41. The number of hydrogen-bond acceptors (Lipinski definition) is 4. The van der Waals surface area contributed by atoms with E-state index in [0.717, 1.165) is 38.4 Å². The fourth-order valence-corrected chi connectivity index (χ4v) is 2.47. The van der Waals surface area contributed by atoms with E-state index in [1.165, 1.54) is 6.92 Å². The smallest absolute Gasteiger partial charge is 0.238 e. The number of nitrogens with two attached hydrogens (primary N) is 1. The molecular formula is C11H22N2O3S. The fraction of sp³-hybridized carbons (Fsp3) is 0.909. The van der Waals surface area contributed by atoms with Crippen LogP contribution in [0.25, 0.3) is 0 Å². The van der Waals surface area contributed by atoms with Gasteiger partial charge in [-0.1, -0.05) is 19.3 Å². The van der Waals surface area contributed by atoms with Gasteiger partial charge in [0, 0.05) is 18.3 Å². The highest BCUT2D eigenvalue weighted by atomic mass is 32.2. The van der Waals surface area contributed by atoms with Crippen LogP contribution in [0.4, 0.5) is 0 Å². The number of rotatable bonds is 3. The molecule has 100 valence electrons. The molecule has 1 aliphatic carbocycles. The number of sulfone groups is 1. The Kier molecular flexibility index (Phi) is 4.94. The van der Waals surface area contributed by atoms with E-state index in [4.69, 9.17) is 5.73 Å². The summed E-state index contributed by atoms with van der Waals surface area (Å²) in [6.07, 6.45) is 6.04. The van der Waals surface area contributed by atoms with Gasteiger partial charge < -0.3 is 11.1 Å². The molecule has 0 bridgehead atoms. The minimum Gasteiger partial charge on any atom is -0.351 e. The first-order valence-corrected chi connectivity index (χ1v) is 8.02. The lowest BCUT2D eigenvalue weighted by Gasteiger charge is -2.24. The second-order valence-electron chi connectivity index (χ2n) is 4.89. The summed E-state index contributed by atoms with van der Waals surface area (Å²) in [6.45, 7) is 1.41. The monoisotopic (exact) mass is 262 g/mol. The Hall–Kier alpha value is -0.620. The molecule has 1 saturated carbocycles. The van der Waals surface area contributed by atoms with Gasteiger partial charge in [-0.3, -0.25) is 4.79 Å². The summed E-state index contributed by atoms with van der Waals surface area (Å²) in [7, 11) is -3.33. The number of carbonyl (C=O) groups is 1. The average Bonchev–Trinajstić information content (AvgIpc) is 2.42. The van der Waals surface area contributed by atoms with Gasteiger partial charge in [0.2, 0.25) is 5.91 Å². The van der Waals surface area contributed by atoms with Gasteiger partial charge in [0.1, 0.15) is 5.25 Å². The molecule has 3 unspecified atom stereocenters. The molecule has 1 aliphatic rings. The molecule has 6 heteroatoms. The summed E-state index contributed by atoms with van der Waals surface area (Å²) < 4.78 is 22.5. The Labute approximate surface area is 103 Å². The highest BCUT2D eigenvalue weighted by Crippen LogP contribution is 2.17. The molecule has 1 amide bonds. The number of hydrogen-bond donors (Lipinski definition) is 2. The molecule has 0 radical (unpaired) electrons. The van der Waals surface area contributed by atoms with Crippen LogP contribution < -0.4 is 11.1 Å². The summed E-state index contributed by atoms with van der Waals surface area (Å²) in [4.78, 5) is 11.8. The van der Waals surface area contributed by atoms with Crippen molar-refractivity contribution in [2.24, 2.45) is 5.73 Å². The molecule has 5 nitrogen and oxygen atoms in total. The van der Waals surface area contributed by atoms with Gasteiger partial charge in [0.05, 0.1) is 0 Å². The molecule has 1 fully saturated rings. The van der Waals surface area contributed by atoms with E-state index >= 15 is 0 Å². The van der Waals surface area contributed by atoms with Gasteiger partial charge in [0.15, 0.2) is 9.84 Å². The summed E-state index contributed by atoms with van der Waals surface area (Å²) in [5.74, 6) is -0.435. The van der Waals surface area contributed by atoms with Crippen LogP contribution >= 0.6 is 0 Å². The van der Waals surface area contributed by atoms with Crippen LogP contribution in [-0.4, -0.2) is 37.9 Å². The van der Waals surface area contributed by atoms with Crippen LogP contribution in [0.15, 0.2) is 0 Å². The van der Waals surface area contributed by atoms with Gasteiger partial charge in [-0.25, -0.2) is 8.42 Å². The van der Waals surface area contributed by atoms with E-state index in [1.807, 2.05) is 0 Å². The molecule has 0 saturated heterocycles. The van der Waals surface area contributed by atoms with E-state index in [-0.39, 0.29) is 12.1 Å². The van der Waals surface area contributed by atoms with Crippen molar-refractivity contribution in [3.8, 4) is 0 Å². The zero-order valence-corrected chi connectivity index (χ0v) is 11.3. The maximum atomic E-state index is 11.8. The van der Waals surface area contributed by atoms with Gasteiger partial charge in [-0.05, 0) is 19.8 Å². The molecule has 0 aromatic heterocycles. The van der Waals surface area contributed by atoms with E-state index < -0.39 is 21.0 Å². The van der Waals surface area contributed by atoms with Crippen molar-refractivity contribution in [1.82, 2.24) is 5.32 Å². The van der Waals surface area contributed by atoms with Crippen LogP contribution in [0.2, 0.25) is 0 Å². The summed E-state index contributed by atoms with van der Waals surface area (Å²) in [6, 6.07) is -0.151. The normalized spacial score (nSPS) is 28.2. The lowest BCUT2D eigenvalue weighted by atomic mass is 10.0. The van der Waals surface area contributed by atoms with Gasteiger partial charge >= 0.3 is 0 Å². The Morgan fingerprint density at radius 2 is 1.88 bits per heavy atom. The van der Waals surface area contributed by atoms with Crippen LogP contribution in [0.3, 0.4) is 0 Å². The van der Waals surface area contributed by atoms with Gasteiger partial charge in [0.25, 0.3) is 0 Å². The summed E-state index contributed by atoms with van der Waals surface area (Å²) in [5.41, 5.74) is 5.97. The summed E-state index contributed by atoms with van der Waals surface area (Å²) in [5, 5.41) is 1.77. The minimum atomic E-state index is -3.33. The van der Waals surface area contributed by atoms with E-state index in [1.54, 1.807) is 0 Å². The predicted octanol–water partition coefficient (Wildman–Crippen LogP) is 0.196. The highest BCUT2D eigenvalue weighted by Gasteiger charge is 2.28. The highest BCUT2D eigenvalue weighted by molar-refractivity contribution is 7.92. The Morgan fingerprint density at radius 3 is 2.47 bits per heavy atom. The van der Waals surface area contributed by atoms with Crippen LogP contribution in [0.1, 0.15) is 39.0 Å². The van der Waals surface area contributed by atoms with E-state index in [9.17, 15) is 13.2 Å². The quantitative estimate of drug-likeness (QED) is 0.711. The van der Waals surface area contributed by atoms with Crippen molar-refractivity contribution in [3.63, 3.8) is 0 Å². The fourth-order valence-electron chi connectivity index (χ4n) is 2.01. The molecule has 0 aromatic rings. The molecule has 3 atom stereocenters. The SMILES string of the molecule is CC(C(=O)NC1CCCCCC1N)S(C)(=O)=O. The summed E-state index contributed by atoms with van der Waals surface area (Å²) >= 11 is 0. The first-order chi connectivity index (χ1) is 7.82. The number of nitrogens with one attached hydrogen (secondary N) is 1. The third-order valence-corrected chi connectivity index (χ3v) is 4.91. The largest absolute Gasteiger partial charge is 0.351 e. The molecule has 1 rings (SSSR count). The standard InChI is InChI=1S/C11H22N2O3S/c1-8(17(2,15)16)11(14)13-10-7-5-3-4-6-9(10)12/h8-10H,3-7,12H2,1-2H3,(H,13,14). The average molecular weight is 262 g/mol. The van der Waals surface area contributed by atoms with E-state index in [2.05, 4.69) is 5.32 Å². The lowest BCUT2D eigenvalue weighted by Crippen LogP contribution is -2.50. The maximum absolute atomic E-state index is 11.8. The van der Waals surface area contributed by atoms with Gasteiger partial charge in [-0.15, -0.1) is 0 Å². The minimum absolute atomic E-state index is 0.0618. The molecule has 0 aliphatic heterocycles. The predicted molar refractivity (Wildman–Crippen MR) is 67.3 cm³/mol. The number of amides is 1. The van der Waals surface area contributed by atoms with Crippen molar-refractivity contribution in [2.75, 3.05) is 6.26 Å². The van der Waals surface area contributed by atoms with Crippen molar-refractivity contribution >= 4 is 15.7 Å². The third kappa shape index (κ3) is 4.27. The van der Waals surface area contributed by atoms with Crippen LogP contribution in [0.5, 0.6) is 0 Å². The van der Waals surface area contributed by atoms with Crippen LogP contribution in [0, 0.1) is 0 Å². The maximum Gasteiger partial charge on any atom is 0.238 e. The van der Waals surface area contributed by atoms with Crippen molar-refractivity contribution in [2.45, 2.75) is 56.4 Å².